The van der Waals surface area contributed by atoms with E-state index in [1.807, 2.05) is 58.2 Å². The first-order valence-corrected chi connectivity index (χ1v) is 8.75. The van der Waals surface area contributed by atoms with Gasteiger partial charge in [-0.2, -0.15) is 5.10 Å². The molecule has 0 unspecified atom stereocenters. The minimum Gasteiger partial charge on any atom is -0.377 e. The van der Waals surface area contributed by atoms with Gasteiger partial charge in [0.25, 0.3) is 5.91 Å². The van der Waals surface area contributed by atoms with E-state index in [4.69, 9.17) is 4.74 Å². The first-order valence-electron chi connectivity index (χ1n) is 8.75. The highest BCUT2D eigenvalue weighted by Crippen LogP contribution is 2.19. The van der Waals surface area contributed by atoms with E-state index in [2.05, 4.69) is 15.4 Å². The van der Waals surface area contributed by atoms with E-state index < -0.39 is 0 Å². The summed E-state index contributed by atoms with van der Waals surface area (Å²) < 4.78 is 7.24. The van der Waals surface area contributed by atoms with Crippen LogP contribution in [0.15, 0.2) is 30.3 Å². The SMILES string of the molecule is CCOCc1ccccc1CNC(=O)c1cc2c(C)nn(C)c2nc1C. The molecule has 3 rings (SSSR count). The maximum atomic E-state index is 12.7. The number of ether oxygens (including phenoxy) is 1. The van der Waals surface area contributed by atoms with Gasteiger partial charge >= 0.3 is 0 Å². The molecule has 0 aliphatic heterocycles. The Balaban J connectivity index is 1.80. The lowest BCUT2D eigenvalue weighted by Gasteiger charge is -2.12. The molecule has 0 aliphatic rings. The summed E-state index contributed by atoms with van der Waals surface area (Å²) in [7, 11) is 1.86. The van der Waals surface area contributed by atoms with Crippen molar-refractivity contribution in [1.82, 2.24) is 20.1 Å². The van der Waals surface area contributed by atoms with Crippen molar-refractivity contribution in [2.24, 2.45) is 7.05 Å². The van der Waals surface area contributed by atoms with Gasteiger partial charge in [-0.05, 0) is 38.0 Å². The number of nitrogens with zero attached hydrogens (tertiary/aromatic N) is 3. The Morgan fingerprint density at radius 2 is 1.92 bits per heavy atom. The molecule has 0 saturated heterocycles. The molecule has 0 bridgehead atoms. The van der Waals surface area contributed by atoms with Gasteiger partial charge in [-0.1, -0.05) is 24.3 Å². The molecule has 0 saturated carbocycles. The summed E-state index contributed by atoms with van der Waals surface area (Å²) in [6.07, 6.45) is 0. The minimum absolute atomic E-state index is 0.133. The summed E-state index contributed by atoms with van der Waals surface area (Å²) in [4.78, 5) is 17.3. The second-order valence-corrected chi connectivity index (χ2v) is 6.29. The molecule has 0 atom stereocenters. The Morgan fingerprint density at radius 1 is 1.19 bits per heavy atom. The zero-order chi connectivity index (χ0) is 18.7. The normalized spacial score (nSPS) is 11.1. The van der Waals surface area contributed by atoms with Crippen LogP contribution in [0.2, 0.25) is 0 Å². The number of nitrogens with one attached hydrogen (secondary N) is 1. The van der Waals surface area contributed by atoms with Gasteiger partial charge in [0.15, 0.2) is 5.65 Å². The quantitative estimate of drug-likeness (QED) is 0.740. The maximum absolute atomic E-state index is 12.7. The van der Waals surface area contributed by atoms with Gasteiger partial charge in [0.2, 0.25) is 0 Å². The highest BCUT2D eigenvalue weighted by Gasteiger charge is 2.15. The largest absolute Gasteiger partial charge is 0.377 e. The summed E-state index contributed by atoms with van der Waals surface area (Å²) >= 11 is 0. The lowest BCUT2D eigenvalue weighted by molar-refractivity contribution is 0.0949. The average molecular weight is 352 g/mol. The second kappa shape index (κ2) is 7.66. The predicted molar refractivity (Wildman–Crippen MR) is 101 cm³/mol. The van der Waals surface area contributed by atoms with Gasteiger partial charge < -0.3 is 10.1 Å². The van der Waals surface area contributed by atoms with Crippen LogP contribution in [0.5, 0.6) is 0 Å². The van der Waals surface area contributed by atoms with Crippen LogP contribution in [0.25, 0.3) is 11.0 Å². The second-order valence-electron chi connectivity index (χ2n) is 6.29. The Labute approximate surface area is 153 Å². The van der Waals surface area contributed by atoms with Crippen molar-refractivity contribution in [3.8, 4) is 0 Å². The molecule has 0 spiro atoms. The molecule has 0 radical (unpaired) electrons. The van der Waals surface area contributed by atoms with Crippen LogP contribution in [0, 0.1) is 13.8 Å². The van der Waals surface area contributed by atoms with Crippen LogP contribution in [0.4, 0.5) is 0 Å². The number of carbonyl (C=O) groups excluding carboxylic acids is 1. The molecule has 2 heterocycles. The molecule has 6 heteroatoms. The van der Waals surface area contributed by atoms with Crippen molar-refractivity contribution >= 4 is 16.9 Å². The van der Waals surface area contributed by atoms with E-state index in [9.17, 15) is 4.79 Å². The molecule has 136 valence electrons. The molecule has 6 nitrogen and oxygen atoms in total. The Morgan fingerprint density at radius 3 is 2.65 bits per heavy atom. The smallest absolute Gasteiger partial charge is 0.253 e. The Hall–Kier alpha value is -2.73. The first kappa shape index (κ1) is 18.1. The number of hydrogen-bond donors (Lipinski definition) is 1. The highest BCUT2D eigenvalue weighted by atomic mass is 16.5. The van der Waals surface area contributed by atoms with Gasteiger partial charge in [-0.3, -0.25) is 9.48 Å². The van der Waals surface area contributed by atoms with Crippen molar-refractivity contribution < 1.29 is 9.53 Å². The standard InChI is InChI=1S/C20H24N4O2/c1-5-26-12-16-9-7-6-8-15(16)11-21-20(25)18-10-17-14(3)23-24(4)19(17)22-13(18)2/h6-10H,5,11-12H2,1-4H3,(H,21,25). The minimum atomic E-state index is -0.133. The van der Waals surface area contributed by atoms with Gasteiger partial charge in [-0.15, -0.1) is 0 Å². The number of fused-ring (bicyclic) bond motifs is 1. The first-order chi connectivity index (χ1) is 12.5. The molecule has 1 amide bonds. The molecule has 1 aromatic carbocycles. The summed E-state index contributed by atoms with van der Waals surface area (Å²) in [5.41, 5.74) is 5.07. The number of aryl methyl sites for hydroxylation is 3. The molecular weight excluding hydrogens is 328 g/mol. The van der Waals surface area contributed by atoms with Gasteiger partial charge in [-0.25, -0.2) is 4.98 Å². The molecule has 0 aliphatic carbocycles. The van der Waals surface area contributed by atoms with Crippen LogP contribution >= 0.6 is 0 Å². The van der Waals surface area contributed by atoms with Crippen LogP contribution in [-0.2, 0) is 24.9 Å². The van der Waals surface area contributed by atoms with E-state index in [1.165, 1.54) is 0 Å². The van der Waals surface area contributed by atoms with Crippen LogP contribution in [0.1, 0.15) is 39.8 Å². The number of hydrogen-bond acceptors (Lipinski definition) is 4. The molecular formula is C20H24N4O2. The van der Waals surface area contributed by atoms with Crippen LogP contribution in [0.3, 0.4) is 0 Å². The summed E-state index contributed by atoms with van der Waals surface area (Å²) in [5, 5.41) is 8.28. The lowest BCUT2D eigenvalue weighted by atomic mass is 10.1. The van der Waals surface area contributed by atoms with Gasteiger partial charge in [0.05, 0.1) is 23.6 Å². The number of pyridine rings is 1. The number of rotatable bonds is 6. The predicted octanol–water partition coefficient (Wildman–Crippen LogP) is 3.05. The average Bonchev–Trinajstić information content (AvgIpc) is 2.91. The number of benzene rings is 1. The van der Waals surface area contributed by atoms with E-state index in [0.29, 0.717) is 31.0 Å². The maximum Gasteiger partial charge on any atom is 0.253 e. The van der Waals surface area contributed by atoms with Crippen molar-refractivity contribution in [1.29, 1.82) is 0 Å². The molecule has 2 aromatic heterocycles. The number of carbonyl (C=O) groups is 1. The summed E-state index contributed by atoms with van der Waals surface area (Å²) in [5.74, 6) is -0.133. The van der Waals surface area contributed by atoms with Crippen molar-refractivity contribution in [2.45, 2.75) is 33.9 Å². The fourth-order valence-electron chi connectivity index (χ4n) is 3.02. The fourth-order valence-corrected chi connectivity index (χ4v) is 3.02. The third-order valence-corrected chi connectivity index (χ3v) is 4.45. The molecule has 26 heavy (non-hydrogen) atoms. The van der Waals surface area contributed by atoms with Crippen molar-refractivity contribution in [3.63, 3.8) is 0 Å². The monoisotopic (exact) mass is 352 g/mol. The van der Waals surface area contributed by atoms with E-state index in [1.54, 1.807) is 4.68 Å². The molecule has 1 N–H and O–H groups in total. The zero-order valence-corrected chi connectivity index (χ0v) is 15.7. The topological polar surface area (TPSA) is 69.0 Å². The molecule has 3 aromatic rings. The Kier molecular flexibility index (Phi) is 5.32. The van der Waals surface area contributed by atoms with E-state index in [-0.39, 0.29) is 5.91 Å². The molecule has 0 fully saturated rings. The Bertz CT molecular complexity index is 946. The fraction of sp³-hybridized carbons (Fsp3) is 0.350. The highest BCUT2D eigenvalue weighted by molar-refractivity contribution is 5.98. The number of aromatic nitrogens is 3. The van der Waals surface area contributed by atoms with Gasteiger partial charge in [0, 0.05) is 25.6 Å². The van der Waals surface area contributed by atoms with Gasteiger partial charge in [0.1, 0.15) is 0 Å². The zero-order valence-electron chi connectivity index (χ0n) is 15.7. The summed E-state index contributed by atoms with van der Waals surface area (Å²) in [6, 6.07) is 9.85. The van der Waals surface area contributed by atoms with Crippen molar-refractivity contribution in [2.75, 3.05) is 6.61 Å². The van der Waals surface area contributed by atoms with E-state index in [0.717, 1.165) is 27.9 Å². The van der Waals surface area contributed by atoms with Crippen molar-refractivity contribution in [3.05, 3.63) is 58.4 Å². The third-order valence-electron chi connectivity index (χ3n) is 4.45. The van der Waals surface area contributed by atoms with E-state index >= 15 is 0 Å². The summed E-state index contributed by atoms with van der Waals surface area (Å²) in [6.45, 7) is 7.40. The lowest BCUT2D eigenvalue weighted by Crippen LogP contribution is -2.24. The van der Waals surface area contributed by atoms with Crippen LogP contribution in [-0.4, -0.2) is 27.3 Å². The third kappa shape index (κ3) is 3.60. The number of amides is 1. The van der Waals surface area contributed by atoms with Crippen LogP contribution < -0.4 is 5.32 Å².